The summed E-state index contributed by atoms with van der Waals surface area (Å²) in [6.45, 7) is 4.06. The predicted molar refractivity (Wildman–Crippen MR) is 61.4 cm³/mol. The summed E-state index contributed by atoms with van der Waals surface area (Å²) in [5.74, 6) is -0.542. The number of carboxylic acid groups (broad SMARTS) is 1. The Bertz CT molecular complexity index is 276. The number of aromatic carboxylic acids is 1. The standard InChI is InChI=1S/C6H12O.C5H4O2S/c1-3-6(4-2)5-7;6-5(7)4-2-1-3-8-4/h5-6H,3-4H2,1-2H3;1-3H,(H,6,7). The van der Waals surface area contributed by atoms with Gasteiger partial charge in [0.25, 0.3) is 0 Å². The molecule has 0 atom stereocenters. The predicted octanol–water partition coefficient (Wildman–Crippen LogP) is 3.07. The van der Waals surface area contributed by atoms with Crippen molar-refractivity contribution >= 4 is 23.6 Å². The molecule has 0 aromatic carbocycles. The molecule has 15 heavy (non-hydrogen) atoms. The first-order valence-electron chi connectivity index (χ1n) is 4.87. The SMILES string of the molecule is CCC(C=O)CC.O=C(O)c1cccs1. The van der Waals surface area contributed by atoms with Crippen molar-refractivity contribution in [3.8, 4) is 0 Å². The number of carboxylic acids is 1. The summed E-state index contributed by atoms with van der Waals surface area (Å²) in [4.78, 5) is 20.4. The molecule has 0 radical (unpaired) electrons. The van der Waals surface area contributed by atoms with E-state index in [9.17, 15) is 9.59 Å². The Labute approximate surface area is 93.7 Å². The zero-order valence-corrected chi connectivity index (χ0v) is 9.79. The Balaban J connectivity index is 0.000000265. The molecular weight excluding hydrogens is 212 g/mol. The van der Waals surface area contributed by atoms with Gasteiger partial charge in [-0.2, -0.15) is 0 Å². The van der Waals surface area contributed by atoms with Gasteiger partial charge in [0.1, 0.15) is 11.2 Å². The molecule has 0 aliphatic carbocycles. The fourth-order valence-corrected chi connectivity index (χ4v) is 1.44. The average molecular weight is 228 g/mol. The molecule has 0 amide bonds. The number of thiophene rings is 1. The molecular formula is C11H16O3S. The summed E-state index contributed by atoms with van der Waals surface area (Å²) in [7, 11) is 0. The van der Waals surface area contributed by atoms with Crippen LogP contribution in [0.15, 0.2) is 17.5 Å². The Morgan fingerprint density at radius 3 is 2.27 bits per heavy atom. The highest BCUT2D eigenvalue weighted by molar-refractivity contribution is 7.11. The van der Waals surface area contributed by atoms with E-state index in [2.05, 4.69) is 0 Å². The number of hydrogen-bond acceptors (Lipinski definition) is 3. The van der Waals surface area contributed by atoms with E-state index in [0.717, 1.165) is 19.1 Å². The number of rotatable bonds is 4. The van der Waals surface area contributed by atoms with Gasteiger partial charge in [-0.3, -0.25) is 0 Å². The normalized spacial score (nSPS) is 9.27. The van der Waals surface area contributed by atoms with Crippen molar-refractivity contribution in [3.05, 3.63) is 22.4 Å². The van der Waals surface area contributed by atoms with Crippen LogP contribution in [0, 0.1) is 5.92 Å². The second-order valence-electron chi connectivity index (χ2n) is 3.00. The van der Waals surface area contributed by atoms with Gasteiger partial charge in [0.2, 0.25) is 0 Å². The summed E-state index contributed by atoms with van der Waals surface area (Å²) in [5.41, 5.74) is 0. The van der Waals surface area contributed by atoms with E-state index in [1.54, 1.807) is 17.5 Å². The van der Waals surface area contributed by atoms with Gasteiger partial charge in [-0.05, 0) is 24.3 Å². The van der Waals surface area contributed by atoms with Crippen molar-refractivity contribution < 1.29 is 14.7 Å². The molecule has 1 rings (SSSR count). The van der Waals surface area contributed by atoms with Crippen LogP contribution in [-0.2, 0) is 4.79 Å². The molecule has 0 fully saturated rings. The molecule has 1 aromatic heterocycles. The van der Waals surface area contributed by atoms with Crippen LogP contribution >= 0.6 is 11.3 Å². The number of aldehydes is 1. The molecule has 0 aliphatic heterocycles. The minimum Gasteiger partial charge on any atom is -0.477 e. The second kappa shape index (κ2) is 8.17. The van der Waals surface area contributed by atoms with Crippen LogP contribution in [0.25, 0.3) is 0 Å². The minimum atomic E-state index is -0.847. The lowest BCUT2D eigenvalue weighted by Gasteiger charge is -1.97. The number of carbonyl (C=O) groups excluding carboxylic acids is 1. The van der Waals surface area contributed by atoms with Crippen LogP contribution in [0.5, 0.6) is 0 Å². The summed E-state index contributed by atoms with van der Waals surface area (Å²) < 4.78 is 0. The van der Waals surface area contributed by atoms with E-state index >= 15 is 0 Å². The van der Waals surface area contributed by atoms with Crippen LogP contribution in [0.3, 0.4) is 0 Å². The van der Waals surface area contributed by atoms with Crippen molar-refractivity contribution in [1.29, 1.82) is 0 Å². The quantitative estimate of drug-likeness (QED) is 0.806. The molecule has 4 heteroatoms. The van der Waals surface area contributed by atoms with Crippen molar-refractivity contribution in [2.24, 2.45) is 5.92 Å². The topological polar surface area (TPSA) is 54.4 Å². The second-order valence-corrected chi connectivity index (χ2v) is 3.94. The fraction of sp³-hybridized carbons (Fsp3) is 0.455. The summed E-state index contributed by atoms with van der Waals surface area (Å²) in [5, 5.41) is 10.0. The van der Waals surface area contributed by atoms with Gasteiger partial charge in [0.05, 0.1) is 0 Å². The molecule has 1 N–H and O–H groups in total. The highest BCUT2D eigenvalue weighted by Gasteiger charge is 1.99. The van der Waals surface area contributed by atoms with Gasteiger partial charge < -0.3 is 9.90 Å². The van der Waals surface area contributed by atoms with Gasteiger partial charge in [0, 0.05) is 5.92 Å². The van der Waals surface area contributed by atoms with Crippen molar-refractivity contribution in [2.75, 3.05) is 0 Å². The lowest BCUT2D eigenvalue weighted by atomic mass is 10.1. The Hall–Kier alpha value is -1.16. The van der Waals surface area contributed by atoms with Gasteiger partial charge in [-0.25, -0.2) is 4.79 Å². The summed E-state index contributed by atoms with van der Waals surface area (Å²) in [6, 6.07) is 3.29. The monoisotopic (exact) mass is 228 g/mol. The zero-order valence-electron chi connectivity index (χ0n) is 8.97. The highest BCUT2D eigenvalue weighted by atomic mass is 32.1. The van der Waals surface area contributed by atoms with E-state index in [-0.39, 0.29) is 0 Å². The first-order valence-corrected chi connectivity index (χ1v) is 5.75. The zero-order chi connectivity index (χ0) is 11.7. The third-order valence-electron chi connectivity index (χ3n) is 1.97. The van der Waals surface area contributed by atoms with Gasteiger partial charge in [-0.1, -0.05) is 19.9 Å². The van der Waals surface area contributed by atoms with E-state index < -0.39 is 5.97 Å². The third-order valence-corrected chi connectivity index (χ3v) is 2.83. The highest BCUT2D eigenvalue weighted by Crippen LogP contribution is 2.06. The molecule has 0 bridgehead atoms. The van der Waals surface area contributed by atoms with Crippen LogP contribution in [0.1, 0.15) is 36.4 Å². The first kappa shape index (κ1) is 13.8. The van der Waals surface area contributed by atoms with Crippen molar-refractivity contribution in [1.82, 2.24) is 0 Å². The molecule has 0 saturated heterocycles. The maximum atomic E-state index is 10.1. The molecule has 0 aliphatic rings. The smallest absolute Gasteiger partial charge is 0.345 e. The number of hydrogen-bond donors (Lipinski definition) is 1. The van der Waals surface area contributed by atoms with Crippen LogP contribution in [0.4, 0.5) is 0 Å². The minimum absolute atomic E-state index is 0.306. The summed E-state index contributed by atoms with van der Waals surface area (Å²) in [6.07, 6.45) is 3.00. The molecule has 3 nitrogen and oxygen atoms in total. The van der Waals surface area contributed by atoms with E-state index in [0.29, 0.717) is 10.8 Å². The number of carbonyl (C=O) groups is 2. The molecule has 0 unspecified atom stereocenters. The molecule has 1 aromatic rings. The first-order chi connectivity index (χ1) is 7.15. The molecule has 1 heterocycles. The summed E-state index contributed by atoms with van der Waals surface area (Å²) >= 11 is 1.23. The molecule has 0 saturated carbocycles. The largest absolute Gasteiger partial charge is 0.477 e. The fourth-order valence-electron chi connectivity index (χ4n) is 0.881. The van der Waals surface area contributed by atoms with E-state index in [1.165, 1.54) is 11.3 Å². The lowest BCUT2D eigenvalue weighted by molar-refractivity contribution is -0.111. The maximum Gasteiger partial charge on any atom is 0.345 e. The Morgan fingerprint density at radius 1 is 1.53 bits per heavy atom. The molecule has 84 valence electrons. The van der Waals surface area contributed by atoms with Crippen LogP contribution < -0.4 is 0 Å². The van der Waals surface area contributed by atoms with E-state index in [4.69, 9.17) is 5.11 Å². The van der Waals surface area contributed by atoms with Gasteiger partial charge >= 0.3 is 5.97 Å². The Kier molecular flexibility index (Phi) is 7.54. The van der Waals surface area contributed by atoms with Crippen LogP contribution in [0.2, 0.25) is 0 Å². The maximum absolute atomic E-state index is 10.1. The van der Waals surface area contributed by atoms with Crippen molar-refractivity contribution in [2.45, 2.75) is 26.7 Å². The third kappa shape index (κ3) is 6.01. The van der Waals surface area contributed by atoms with Crippen LogP contribution in [-0.4, -0.2) is 17.4 Å². The average Bonchev–Trinajstić information content (AvgIpc) is 2.74. The lowest BCUT2D eigenvalue weighted by Crippen LogP contribution is -1.95. The molecule has 0 spiro atoms. The Morgan fingerprint density at radius 2 is 2.13 bits per heavy atom. The van der Waals surface area contributed by atoms with Gasteiger partial charge in [0.15, 0.2) is 0 Å². The van der Waals surface area contributed by atoms with E-state index in [1.807, 2.05) is 13.8 Å². The van der Waals surface area contributed by atoms with Crippen molar-refractivity contribution in [3.63, 3.8) is 0 Å². The van der Waals surface area contributed by atoms with Gasteiger partial charge in [-0.15, -0.1) is 11.3 Å².